The van der Waals surface area contributed by atoms with Gasteiger partial charge >= 0.3 is 5.69 Å². The molecule has 1 aromatic rings. The van der Waals surface area contributed by atoms with Crippen LogP contribution >= 0.6 is 0 Å². The molecule has 0 spiro atoms. The van der Waals surface area contributed by atoms with Crippen molar-refractivity contribution in [3.8, 4) is 0 Å². The molecule has 1 saturated heterocycles. The molecule has 8 heteroatoms. The molecule has 0 radical (unpaired) electrons. The number of methoxy groups -OCH3 is 1. The molecule has 0 aromatic carbocycles. The average Bonchev–Trinajstić information content (AvgIpc) is 2.90. The highest BCUT2D eigenvalue weighted by Crippen LogP contribution is 2.43. The summed E-state index contributed by atoms with van der Waals surface area (Å²) in [5.74, 6) is 0.225. The van der Waals surface area contributed by atoms with Crippen LogP contribution in [0.2, 0.25) is 0 Å². The summed E-state index contributed by atoms with van der Waals surface area (Å²) in [6.07, 6.45) is 1.01. The molecule has 0 bridgehead atoms. The summed E-state index contributed by atoms with van der Waals surface area (Å²) < 4.78 is 10.9. The van der Waals surface area contributed by atoms with Crippen LogP contribution in [-0.4, -0.2) is 48.3 Å². The predicted molar refractivity (Wildman–Crippen MR) is 81.3 cm³/mol. The number of aryl methyl sites for hydroxylation is 1. The number of nitrogens with one attached hydrogen (secondary N) is 3. The van der Waals surface area contributed by atoms with E-state index in [1.54, 1.807) is 14.0 Å². The fourth-order valence-electron chi connectivity index (χ4n) is 3.67. The lowest BCUT2D eigenvalue weighted by atomic mass is 9.67. The second-order valence-electron chi connectivity index (χ2n) is 6.19. The summed E-state index contributed by atoms with van der Waals surface area (Å²) in [6.45, 7) is 2.85. The van der Waals surface area contributed by atoms with E-state index < -0.39 is 11.2 Å². The van der Waals surface area contributed by atoms with Gasteiger partial charge in [0.2, 0.25) is 5.91 Å². The quantitative estimate of drug-likeness (QED) is 0.648. The molecule has 126 valence electrons. The third-order valence-electron chi connectivity index (χ3n) is 4.81. The maximum Gasteiger partial charge on any atom is 0.325 e. The first-order valence-corrected chi connectivity index (χ1v) is 7.73. The van der Waals surface area contributed by atoms with Crippen LogP contribution in [0.4, 0.5) is 0 Å². The summed E-state index contributed by atoms with van der Waals surface area (Å²) in [5, 5.41) is 3.00. The number of amides is 1. The van der Waals surface area contributed by atoms with Gasteiger partial charge in [-0.2, -0.15) is 0 Å². The molecule has 1 aliphatic heterocycles. The van der Waals surface area contributed by atoms with E-state index in [0.29, 0.717) is 24.8 Å². The van der Waals surface area contributed by atoms with Crippen LogP contribution in [0, 0.1) is 18.8 Å². The van der Waals surface area contributed by atoms with Crippen molar-refractivity contribution < 1.29 is 14.3 Å². The minimum absolute atomic E-state index is 0.0112. The van der Waals surface area contributed by atoms with Gasteiger partial charge in [0.1, 0.15) is 0 Å². The Kier molecular flexibility index (Phi) is 4.36. The number of aromatic amines is 2. The normalized spacial score (nSPS) is 29.0. The molecule has 1 aliphatic carbocycles. The van der Waals surface area contributed by atoms with E-state index in [2.05, 4.69) is 15.3 Å². The molecule has 23 heavy (non-hydrogen) atoms. The first-order valence-electron chi connectivity index (χ1n) is 7.73. The lowest BCUT2D eigenvalue weighted by Gasteiger charge is -2.47. The Morgan fingerprint density at radius 3 is 2.87 bits per heavy atom. The highest BCUT2D eigenvalue weighted by molar-refractivity contribution is 5.79. The van der Waals surface area contributed by atoms with Crippen molar-refractivity contribution in [1.29, 1.82) is 0 Å². The highest BCUT2D eigenvalue weighted by Gasteiger charge is 2.54. The molecule has 0 unspecified atom stereocenters. The van der Waals surface area contributed by atoms with Gasteiger partial charge in [-0.3, -0.25) is 14.6 Å². The summed E-state index contributed by atoms with van der Waals surface area (Å²) in [7, 11) is 1.63. The second-order valence-corrected chi connectivity index (χ2v) is 6.19. The zero-order valence-electron chi connectivity index (χ0n) is 13.2. The largest absolute Gasteiger partial charge is 0.384 e. The van der Waals surface area contributed by atoms with E-state index in [1.807, 2.05) is 0 Å². The van der Waals surface area contributed by atoms with Crippen LogP contribution in [0.5, 0.6) is 0 Å². The Morgan fingerprint density at radius 1 is 1.39 bits per heavy atom. The lowest BCUT2D eigenvalue weighted by Crippen LogP contribution is -2.63. The minimum Gasteiger partial charge on any atom is -0.384 e. The molecular formula is C15H21N3O5. The molecule has 2 heterocycles. The van der Waals surface area contributed by atoms with Gasteiger partial charge in [0, 0.05) is 42.9 Å². The van der Waals surface area contributed by atoms with Crippen LogP contribution in [0.3, 0.4) is 0 Å². The molecule has 4 atom stereocenters. The fourth-order valence-corrected chi connectivity index (χ4v) is 3.67. The Bertz CT molecular complexity index is 710. The second kappa shape index (κ2) is 6.29. The van der Waals surface area contributed by atoms with Gasteiger partial charge in [-0.05, 0) is 13.3 Å². The first-order chi connectivity index (χ1) is 11.0. The fraction of sp³-hybridized carbons (Fsp3) is 0.667. The van der Waals surface area contributed by atoms with E-state index in [-0.39, 0.29) is 36.0 Å². The van der Waals surface area contributed by atoms with Gasteiger partial charge in [0.05, 0.1) is 19.1 Å². The van der Waals surface area contributed by atoms with Crippen molar-refractivity contribution in [3.63, 3.8) is 0 Å². The summed E-state index contributed by atoms with van der Waals surface area (Å²) in [5.41, 5.74) is -0.394. The number of carbonyl (C=O) groups excluding carboxylic acids is 1. The number of rotatable bonds is 5. The zero-order valence-corrected chi connectivity index (χ0v) is 13.2. The number of aromatic nitrogens is 2. The molecule has 3 rings (SSSR count). The van der Waals surface area contributed by atoms with Crippen molar-refractivity contribution >= 4 is 5.91 Å². The molecular weight excluding hydrogens is 302 g/mol. The molecule has 1 amide bonds. The minimum atomic E-state index is -0.568. The number of H-pyrrole nitrogens is 2. The lowest BCUT2D eigenvalue weighted by molar-refractivity contribution is -0.129. The van der Waals surface area contributed by atoms with E-state index >= 15 is 0 Å². The van der Waals surface area contributed by atoms with Crippen molar-refractivity contribution in [2.75, 3.05) is 20.3 Å². The maximum atomic E-state index is 12.3. The number of ether oxygens (including phenoxy) is 2. The Labute approximate surface area is 132 Å². The average molecular weight is 323 g/mol. The molecule has 2 fully saturated rings. The zero-order chi connectivity index (χ0) is 16.6. The number of carbonyl (C=O) groups is 1. The van der Waals surface area contributed by atoms with Crippen LogP contribution < -0.4 is 16.6 Å². The smallest absolute Gasteiger partial charge is 0.325 e. The summed E-state index contributed by atoms with van der Waals surface area (Å²) in [4.78, 5) is 40.0. The van der Waals surface area contributed by atoms with Gasteiger partial charge in [-0.25, -0.2) is 4.79 Å². The Morgan fingerprint density at radius 2 is 2.17 bits per heavy atom. The van der Waals surface area contributed by atoms with E-state index in [1.165, 1.54) is 0 Å². The van der Waals surface area contributed by atoms with Crippen molar-refractivity contribution in [2.24, 2.45) is 11.8 Å². The van der Waals surface area contributed by atoms with Crippen LogP contribution in [-0.2, 0) is 20.7 Å². The van der Waals surface area contributed by atoms with Crippen LogP contribution in [0.1, 0.15) is 17.7 Å². The monoisotopic (exact) mass is 323 g/mol. The van der Waals surface area contributed by atoms with Crippen LogP contribution in [0.15, 0.2) is 9.59 Å². The van der Waals surface area contributed by atoms with Crippen molar-refractivity contribution in [3.05, 3.63) is 32.1 Å². The third-order valence-corrected chi connectivity index (χ3v) is 4.81. The molecule has 1 saturated carbocycles. The molecule has 2 aliphatic rings. The molecule has 1 aromatic heterocycles. The van der Waals surface area contributed by atoms with Gasteiger partial charge in [-0.15, -0.1) is 0 Å². The summed E-state index contributed by atoms with van der Waals surface area (Å²) in [6, 6.07) is 0.0112. The SMILES string of the molecule is COC[C@@H]1[C@H](NC(=O)Cc2c(C)[nH]c(=O)[nH]c2=O)[C@@H]2CCO[C@H]12. The standard InChI is InChI=1S/C15H21N3O5/c1-7-9(14(20)18-15(21)16-7)5-11(19)17-12-8-3-4-23-13(8)10(12)6-22-2/h8,10,12-13H,3-6H2,1-2H3,(H,17,19)(H2,16,18,20,21)/t8-,10+,12+,13-/m0/s1. The van der Waals surface area contributed by atoms with Gasteiger partial charge in [0.25, 0.3) is 5.56 Å². The Hall–Kier alpha value is -1.93. The van der Waals surface area contributed by atoms with E-state index in [0.717, 1.165) is 6.42 Å². The number of hydrogen-bond donors (Lipinski definition) is 3. The van der Waals surface area contributed by atoms with Gasteiger partial charge < -0.3 is 19.8 Å². The van der Waals surface area contributed by atoms with Gasteiger partial charge in [0.15, 0.2) is 0 Å². The Balaban J connectivity index is 1.68. The summed E-state index contributed by atoms with van der Waals surface area (Å²) >= 11 is 0. The number of fused-ring (bicyclic) bond motifs is 1. The molecule has 3 N–H and O–H groups in total. The predicted octanol–water partition coefficient (Wildman–Crippen LogP) is -0.920. The van der Waals surface area contributed by atoms with Crippen molar-refractivity contribution in [2.45, 2.75) is 31.9 Å². The van der Waals surface area contributed by atoms with Gasteiger partial charge in [-0.1, -0.05) is 0 Å². The van der Waals surface area contributed by atoms with Crippen molar-refractivity contribution in [1.82, 2.24) is 15.3 Å². The van der Waals surface area contributed by atoms with E-state index in [4.69, 9.17) is 9.47 Å². The molecule has 8 nitrogen and oxygen atoms in total. The topological polar surface area (TPSA) is 113 Å². The maximum absolute atomic E-state index is 12.3. The third kappa shape index (κ3) is 2.96. The van der Waals surface area contributed by atoms with Crippen LogP contribution in [0.25, 0.3) is 0 Å². The first kappa shape index (κ1) is 15.9. The highest BCUT2D eigenvalue weighted by atomic mass is 16.5. The van der Waals surface area contributed by atoms with E-state index in [9.17, 15) is 14.4 Å². The number of hydrogen-bond acceptors (Lipinski definition) is 5.